The van der Waals surface area contributed by atoms with Crippen LogP contribution in [0.5, 0.6) is 0 Å². The number of benzene rings is 2. The highest BCUT2D eigenvalue weighted by Crippen LogP contribution is 2.22. The molecule has 2 rings (SSSR count). The van der Waals surface area contributed by atoms with Crippen molar-refractivity contribution in [1.82, 2.24) is 5.32 Å². The van der Waals surface area contributed by atoms with Crippen LogP contribution in [0.2, 0.25) is 0 Å². The minimum absolute atomic E-state index is 0.637. The van der Waals surface area contributed by atoms with Crippen LogP contribution in [0.4, 0.5) is 0 Å². The highest BCUT2D eigenvalue weighted by Gasteiger charge is 2.13. The molecule has 0 bridgehead atoms. The van der Waals surface area contributed by atoms with Gasteiger partial charge in [0.25, 0.3) is 0 Å². The SMILES string of the molecule is CNCC(Cc1ccccc1)Cc1c(C)cc(C)cc1C. The van der Waals surface area contributed by atoms with Crippen molar-refractivity contribution < 1.29 is 0 Å². The molecule has 1 heteroatoms. The number of hydrogen-bond donors (Lipinski definition) is 1. The van der Waals surface area contributed by atoms with E-state index in [2.05, 4.69) is 68.6 Å². The van der Waals surface area contributed by atoms with Crippen LogP contribution in [0.1, 0.15) is 27.8 Å². The average molecular weight is 281 g/mol. The standard InChI is InChI=1S/C20H27N/c1-15-10-16(2)20(17(3)11-15)13-19(14-21-4)12-18-8-6-5-7-9-18/h5-11,19,21H,12-14H2,1-4H3. The van der Waals surface area contributed by atoms with Crippen LogP contribution in [0.3, 0.4) is 0 Å². The molecule has 1 unspecified atom stereocenters. The molecular weight excluding hydrogens is 254 g/mol. The van der Waals surface area contributed by atoms with Gasteiger partial charge >= 0.3 is 0 Å². The van der Waals surface area contributed by atoms with Gasteiger partial charge in [0.1, 0.15) is 0 Å². The van der Waals surface area contributed by atoms with Crippen LogP contribution in [0, 0.1) is 26.7 Å². The van der Waals surface area contributed by atoms with Gasteiger partial charge in [0.05, 0.1) is 0 Å². The molecular formula is C20H27N. The number of hydrogen-bond acceptors (Lipinski definition) is 1. The Hall–Kier alpha value is -1.60. The lowest BCUT2D eigenvalue weighted by atomic mass is 9.88. The normalized spacial score (nSPS) is 12.4. The summed E-state index contributed by atoms with van der Waals surface area (Å²) in [5.41, 5.74) is 7.18. The smallest absolute Gasteiger partial charge is 0.00172 e. The van der Waals surface area contributed by atoms with E-state index in [9.17, 15) is 0 Å². The Labute approximate surface area is 129 Å². The fourth-order valence-electron chi connectivity index (χ4n) is 3.27. The first kappa shape index (κ1) is 15.8. The summed E-state index contributed by atoms with van der Waals surface area (Å²) in [4.78, 5) is 0. The average Bonchev–Trinajstić information content (AvgIpc) is 2.44. The Morgan fingerprint density at radius 3 is 2.10 bits per heavy atom. The maximum Gasteiger partial charge on any atom is -0.00172 e. The minimum atomic E-state index is 0.637. The number of rotatable bonds is 6. The van der Waals surface area contributed by atoms with Crippen LogP contribution >= 0.6 is 0 Å². The van der Waals surface area contributed by atoms with E-state index in [1.54, 1.807) is 0 Å². The van der Waals surface area contributed by atoms with E-state index in [1.165, 1.54) is 27.8 Å². The molecule has 0 saturated carbocycles. The molecule has 21 heavy (non-hydrogen) atoms. The molecule has 0 aliphatic carbocycles. The highest BCUT2D eigenvalue weighted by atomic mass is 14.8. The second-order valence-electron chi connectivity index (χ2n) is 6.19. The van der Waals surface area contributed by atoms with Crippen molar-refractivity contribution in [1.29, 1.82) is 0 Å². The molecule has 0 spiro atoms. The second kappa shape index (κ2) is 7.42. The molecule has 0 amide bonds. The first-order chi connectivity index (χ1) is 10.1. The third-order valence-electron chi connectivity index (χ3n) is 4.19. The quantitative estimate of drug-likeness (QED) is 0.835. The number of nitrogens with one attached hydrogen (secondary N) is 1. The van der Waals surface area contributed by atoms with E-state index in [0.717, 1.165) is 19.4 Å². The third-order valence-corrected chi connectivity index (χ3v) is 4.19. The third kappa shape index (κ3) is 4.44. The Morgan fingerprint density at radius 1 is 0.905 bits per heavy atom. The lowest BCUT2D eigenvalue weighted by Crippen LogP contribution is -2.23. The van der Waals surface area contributed by atoms with E-state index in [-0.39, 0.29) is 0 Å². The molecule has 0 radical (unpaired) electrons. The van der Waals surface area contributed by atoms with Crippen LogP contribution in [0.15, 0.2) is 42.5 Å². The molecule has 0 heterocycles. The van der Waals surface area contributed by atoms with Crippen LogP contribution in [-0.2, 0) is 12.8 Å². The summed E-state index contributed by atoms with van der Waals surface area (Å²) >= 11 is 0. The van der Waals surface area contributed by atoms with Gasteiger partial charge in [-0.25, -0.2) is 0 Å². The summed E-state index contributed by atoms with van der Waals surface area (Å²) in [6.07, 6.45) is 2.28. The van der Waals surface area contributed by atoms with Gasteiger partial charge < -0.3 is 5.32 Å². The maximum absolute atomic E-state index is 3.36. The van der Waals surface area contributed by atoms with Gasteiger partial charge in [-0.1, -0.05) is 48.0 Å². The van der Waals surface area contributed by atoms with Crippen LogP contribution < -0.4 is 5.32 Å². The summed E-state index contributed by atoms with van der Waals surface area (Å²) in [5, 5.41) is 3.36. The first-order valence-electron chi connectivity index (χ1n) is 7.85. The fourth-order valence-corrected chi connectivity index (χ4v) is 3.27. The summed E-state index contributed by atoms with van der Waals surface area (Å²) in [7, 11) is 2.05. The molecule has 2 aromatic rings. The van der Waals surface area contributed by atoms with Crippen molar-refractivity contribution in [2.24, 2.45) is 5.92 Å². The summed E-state index contributed by atoms with van der Waals surface area (Å²) < 4.78 is 0. The minimum Gasteiger partial charge on any atom is -0.319 e. The van der Waals surface area contributed by atoms with Gasteiger partial charge in [-0.05, 0) is 75.4 Å². The van der Waals surface area contributed by atoms with Gasteiger partial charge in [0, 0.05) is 0 Å². The lowest BCUT2D eigenvalue weighted by molar-refractivity contribution is 0.491. The van der Waals surface area contributed by atoms with Crippen molar-refractivity contribution in [3.63, 3.8) is 0 Å². The zero-order chi connectivity index (χ0) is 15.2. The molecule has 0 aliphatic heterocycles. The molecule has 0 fully saturated rings. The fraction of sp³-hybridized carbons (Fsp3) is 0.400. The van der Waals surface area contributed by atoms with E-state index in [1.807, 2.05) is 7.05 Å². The summed E-state index contributed by atoms with van der Waals surface area (Å²) in [5.74, 6) is 0.637. The van der Waals surface area contributed by atoms with E-state index in [4.69, 9.17) is 0 Å². The summed E-state index contributed by atoms with van der Waals surface area (Å²) in [6.45, 7) is 7.73. The predicted octanol–water partition coefficient (Wildman–Crippen LogP) is 4.23. The van der Waals surface area contributed by atoms with Crippen molar-refractivity contribution in [3.05, 3.63) is 70.3 Å². The van der Waals surface area contributed by atoms with E-state index >= 15 is 0 Å². The Balaban J connectivity index is 2.17. The highest BCUT2D eigenvalue weighted by molar-refractivity contribution is 5.38. The molecule has 0 aliphatic rings. The first-order valence-corrected chi connectivity index (χ1v) is 7.85. The lowest BCUT2D eigenvalue weighted by Gasteiger charge is -2.20. The molecule has 112 valence electrons. The molecule has 2 aromatic carbocycles. The molecule has 1 atom stereocenters. The van der Waals surface area contributed by atoms with Crippen molar-refractivity contribution >= 4 is 0 Å². The van der Waals surface area contributed by atoms with E-state index in [0.29, 0.717) is 5.92 Å². The largest absolute Gasteiger partial charge is 0.319 e. The second-order valence-corrected chi connectivity index (χ2v) is 6.19. The van der Waals surface area contributed by atoms with Gasteiger partial charge in [-0.3, -0.25) is 0 Å². The van der Waals surface area contributed by atoms with Crippen LogP contribution in [0.25, 0.3) is 0 Å². The molecule has 1 nitrogen and oxygen atoms in total. The molecule has 1 N–H and O–H groups in total. The number of aryl methyl sites for hydroxylation is 3. The van der Waals surface area contributed by atoms with Crippen LogP contribution in [-0.4, -0.2) is 13.6 Å². The topological polar surface area (TPSA) is 12.0 Å². The van der Waals surface area contributed by atoms with Gasteiger partial charge in [0.2, 0.25) is 0 Å². The Morgan fingerprint density at radius 2 is 1.52 bits per heavy atom. The molecule has 0 saturated heterocycles. The van der Waals surface area contributed by atoms with Gasteiger partial charge in [0.15, 0.2) is 0 Å². The maximum atomic E-state index is 3.36. The monoisotopic (exact) mass is 281 g/mol. The van der Waals surface area contributed by atoms with Gasteiger partial charge in [-0.15, -0.1) is 0 Å². The van der Waals surface area contributed by atoms with Crippen molar-refractivity contribution in [3.8, 4) is 0 Å². The zero-order valence-corrected chi connectivity index (χ0v) is 13.7. The molecule has 0 aromatic heterocycles. The Bertz CT molecular complexity index is 549. The summed E-state index contributed by atoms with van der Waals surface area (Å²) in [6, 6.07) is 15.4. The van der Waals surface area contributed by atoms with Crippen molar-refractivity contribution in [2.75, 3.05) is 13.6 Å². The Kier molecular flexibility index (Phi) is 5.58. The van der Waals surface area contributed by atoms with Gasteiger partial charge in [-0.2, -0.15) is 0 Å². The van der Waals surface area contributed by atoms with Crippen molar-refractivity contribution in [2.45, 2.75) is 33.6 Å². The predicted molar refractivity (Wildman–Crippen MR) is 91.9 cm³/mol. The van der Waals surface area contributed by atoms with E-state index < -0.39 is 0 Å². The zero-order valence-electron chi connectivity index (χ0n) is 13.7.